The van der Waals surface area contributed by atoms with Crippen molar-refractivity contribution in [3.05, 3.63) is 114 Å². The standard InChI is InChI=1S/C34H35FN4O4/c1-3-4-17-38(2)31-14-13-26(21-30(31)37-33(42)27-10-6-12-29(35)20-27)25-9-5-8-24(19-25)23-39(18-15-32(40)41)34(43)28-11-7-16-36-22-28/h5-14,16,19-22H,3-4,15,17-18,23H2,1-2H3,(H,37,42)(H,40,41). The lowest BCUT2D eigenvalue weighted by molar-refractivity contribution is -0.137. The quantitative estimate of drug-likeness (QED) is 0.187. The van der Waals surface area contributed by atoms with Crippen molar-refractivity contribution in [1.29, 1.82) is 0 Å². The Labute approximate surface area is 250 Å². The second-order valence-electron chi connectivity index (χ2n) is 10.3. The molecule has 0 unspecified atom stereocenters. The molecule has 8 nitrogen and oxygen atoms in total. The van der Waals surface area contributed by atoms with Gasteiger partial charge >= 0.3 is 5.97 Å². The van der Waals surface area contributed by atoms with Gasteiger partial charge in [-0.2, -0.15) is 0 Å². The van der Waals surface area contributed by atoms with E-state index in [9.17, 15) is 23.9 Å². The van der Waals surface area contributed by atoms with Crippen LogP contribution in [0.2, 0.25) is 0 Å². The zero-order valence-electron chi connectivity index (χ0n) is 24.3. The summed E-state index contributed by atoms with van der Waals surface area (Å²) >= 11 is 0. The van der Waals surface area contributed by atoms with Gasteiger partial charge in [-0.1, -0.05) is 43.7 Å². The van der Waals surface area contributed by atoms with Gasteiger partial charge in [0.2, 0.25) is 0 Å². The van der Waals surface area contributed by atoms with E-state index < -0.39 is 17.7 Å². The fourth-order valence-electron chi connectivity index (χ4n) is 4.71. The summed E-state index contributed by atoms with van der Waals surface area (Å²) in [5, 5.41) is 12.2. The molecule has 0 aliphatic heterocycles. The number of aromatic nitrogens is 1. The fourth-order valence-corrected chi connectivity index (χ4v) is 4.71. The van der Waals surface area contributed by atoms with Crippen molar-refractivity contribution in [2.45, 2.75) is 32.7 Å². The molecule has 0 radical (unpaired) electrons. The van der Waals surface area contributed by atoms with E-state index in [0.717, 1.165) is 41.8 Å². The molecule has 222 valence electrons. The fraction of sp³-hybridized carbons (Fsp3) is 0.235. The highest BCUT2D eigenvalue weighted by molar-refractivity contribution is 6.06. The summed E-state index contributed by atoms with van der Waals surface area (Å²) in [6.45, 7) is 3.16. The van der Waals surface area contributed by atoms with Crippen molar-refractivity contribution >= 4 is 29.2 Å². The van der Waals surface area contributed by atoms with E-state index in [2.05, 4.69) is 22.1 Å². The first kappa shape index (κ1) is 30.9. The first-order valence-electron chi connectivity index (χ1n) is 14.2. The highest BCUT2D eigenvalue weighted by Crippen LogP contribution is 2.32. The van der Waals surface area contributed by atoms with Gasteiger partial charge < -0.3 is 20.2 Å². The predicted octanol–water partition coefficient (Wildman–Crippen LogP) is 6.49. The van der Waals surface area contributed by atoms with E-state index in [-0.39, 0.29) is 31.0 Å². The number of carboxylic acids is 1. The Bertz CT molecular complexity index is 1580. The minimum absolute atomic E-state index is 0.0440. The van der Waals surface area contributed by atoms with Crippen molar-refractivity contribution in [3.8, 4) is 11.1 Å². The molecule has 0 saturated heterocycles. The second-order valence-corrected chi connectivity index (χ2v) is 10.3. The molecule has 0 atom stereocenters. The van der Waals surface area contributed by atoms with E-state index >= 15 is 0 Å². The molecule has 0 aliphatic rings. The molecule has 1 aromatic heterocycles. The number of anilines is 2. The minimum Gasteiger partial charge on any atom is -0.481 e. The van der Waals surface area contributed by atoms with Crippen LogP contribution in [0.15, 0.2) is 91.3 Å². The van der Waals surface area contributed by atoms with Crippen LogP contribution in [0.25, 0.3) is 11.1 Å². The number of aliphatic carboxylic acids is 1. The number of benzene rings is 3. The van der Waals surface area contributed by atoms with E-state index in [0.29, 0.717) is 11.3 Å². The number of rotatable bonds is 13. The number of hydrogen-bond acceptors (Lipinski definition) is 5. The molecule has 3 aromatic carbocycles. The number of carbonyl (C=O) groups excluding carboxylic acids is 2. The van der Waals surface area contributed by atoms with E-state index in [1.165, 1.54) is 29.3 Å². The minimum atomic E-state index is -0.991. The first-order chi connectivity index (χ1) is 20.7. The SMILES string of the molecule is CCCCN(C)c1ccc(-c2cccc(CN(CCC(=O)O)C(=O)c3cccnc3)c2)cc1NC(=O)c1cccc(F)c1. The highest BCUT2D eigenvalue weighted by atomic mass is 19.1. The van der Waals surface area contributed by atoms with Crippen molar-refractivity contribution in [2.24, 2.45) is 0 Å². The third-order valence-electron chi connectivity index (χ3n) is 7.01. The Kier molecular flexibility index (Phi) is 10.6. The molecular formula is C34H35FN4O4. The summed E-state index contributed by atoms with van der Waals surface area (Å²) < 4.78 is 13.8. The molecule has 1 heterocycles. The molecule has 0 fully saturated rings. The van der Waals surface area contributed by atoms with Crippen LogP contribution in [0.5, 0.6) is 0 Å². The van der Waals surface area contributed by atoms with Crippen LogP contribution in [0.1, 0.15) is 52.5 Å². The van der Waals surface area contributed by atoms with Gasteiger partial charge in [0.15, 0.2) is 0 Å². The molecule has 0 saturated carbocycles. The summed E-state index contributed by atoms with van der Waals surface area (Å²) in [5.41, 5.74) is 4.52. The van der Waals surface area contributed by atoms with Crippen molar-refractivity contribution < 1.29 is 23.9 Å². The monoisotopic (exact) mass is 582 g/mol. The van der Waals surface area contributed by atoms with Crippen molar-refractivity contribution in [2.75, 3.05) is 30.4 Å². The van der Waals surface area contributed by atoms with Crippen LogP contribution < -0.4 is 10.2 Å². The number of hydrogen-bond donors (Lipinski definition) is 2. The lowest BCUT2D eigenvalue weighted by Crippen LogP contribution is -2.32. The summed E-state index contributed by atoms with van der Waals surface area (Å²) in [5.74, 6) is -2.20. The Morgan fingerprint density at radius 1 is 0.907 bits per heavy atom. The molecule has 9 heteroatoms. The van der Waals surface area contributed by atoms with Crippen LogP contribution >= 0.6 is 0 Å². The van der Waals surface area contributed by atoms with Crippen molar-refractivity contribution in [3.63, 3.8) is 0 Å². The zero-order chi connectivity index (χ0) is 30.8. The van der Waals surface area contributed by atoms with Crippen LogP contribution in [-0.4, -0.2) is 52.9 Å². The molecule has 0 bridgehead atoms. The molecule has 2 N–H and O–H groups in total. The highest BCUT2D eigenvalue weighted by Gasteiger charge is 2.19. The summed E-state index contributed by atoms with van der Waals surface area (Å²) in [4.78, 5) is 45.2. The average Bonchev–Trinajstić information content (AvgIpc) is 3.02. The van der Waals surface area contributed by atoms with Gasteiger partial charge in [0.05, 0.1) is 23.4 Å². The zero-order valence-corrected chi connectivity index (χ0v) is 24.3. The van der Waals surface area contributed by atoms with Gasteiger partial charge in [0, 0.05) is 44.6 Å². The van der Waals surface area contributed by atoms with Gasteiger partial charge in [-0.05, 0) is 71.6 Å². The lowest BCUT2D eigenvalue weighted by Gasteiger charge is -2.24. The number of nitrogens with one attached hydrogen (secondary N) is 1. The predicted molar refractivity (Wildman–Crippen MR) is 166 cm³/mol. The summed E-state index contributed by atoms with van der Waals surface area (Å²) in [6.07, 6.45) is 4.85. The molecule has 0 aliphatic carbocycles. The number of carbonyl (C=O) groups is 3. The number of amides is 2. The van der Waals surface area contributed by atoms with Crippen molar-refractivity contribution in [1.82, 2.24) is 9.88 Å². The number of nitrogens with zero attached hydrogens (tertiary/aromatic N) is 3. The van der Waals surface area contributed by atoms with E-state index in [4.69, 9.17) is 0 Å². The molecule has 4 rings (SSSR count). The Balaban J connectivity index is 1.64. The van der Waals surface area contributed by atoms with Crippen LogP contribution in [0.3, 0.4) is 0 Å². The average molecular weight is 583 g/mol. The summed E-state index contributed by atoms with van der Waals surface area (Å²) in [6, 6.07) is 22.3. The topological polar surface area (TPSA) is 103 Å². The number of halogens is 1. The Morgan fingerprint density at radius 2 is 1.67 bits per heavy atom. The van der Waals surface area contributed by atoms with Gasteiger partial charge in [0.25, 0.3) is 11.8 Å². The third-order valence-corrected chi connectivity index (χ3v) is 7.01. The molecule has 0 spiro atoms. The smallest absolute Gasteiger partial charge is 0.305 e. The van der Waals surface area contributed by atoms with E-state index in [1.54, 1.807) is 24.4 Å². The largest absolute Gasteiger partial charge is 0.481 e. The Hall–Kier alpha value is -5.05. The lowest BCUT2D eigenvalue weighted by atomic mass is 10.0. The van der Waals surface area contributed by atoms with Gasteiger partial charge in [0.1, 0.15) is 5.82 Å². The van der Waals surface area contributed by atoms with Crippen LogP contribution in [0, 0.1) is 5.82 Å². The Morgan fingerprint density at radius 3 is 2.40 bits per heavy atom. The maximum atomic E-state index is 13.8. The molecule has 2 amide bonds. The molecule has 4 aromatic rings. The summed E-state index contributed by atoms with van der Waals surface area (Å²) in [7, 11) is 1.97. The normalized spacial score (nSPS) is 10.7. The van der Waals surface area contributed by atoms with Gasteiger partial charge in [-0.15, -0.1) is 0 Å². The number of unbranched alkanes of at least 4 members (excludes halogenated alkanes) is 1. The number of carboxylic acid groups (broad SMARTS) is 1. The number of pyridine rings is 1. The van der Waals surface area contributed by atoms with E-state index in [1.807, 2.05) is 49.5 Å². The van der Waals surface area contributed by atoms with Crippen LogP contribution in [0.4, 0.5) is 15.8 Å². The second kappa shape index (κ2) is 14.7. The van der Waals surface area contributed by atoms with Crippen LogP contribution in [-0.2, 0) is 11.3 Å². The molecular weight excluding hydrogens is 547 g/mol. The van der Waals surface area contributed by atoms with Gasteiger partial charge in [-0.25, -0.2) is 4.39 Å². The molecule has 43 heavy (non-hydrogen) atoms. The van der Waals surface area contributed by atoms with Gasteiger partial charge in [-0.3, -0.25) is 19.4 Å². The first-order valence-corrected chi connectivity index (χ1v) is 14.2. The maximum Gasteiger partial charge on any atom is 0.305 e. The third kappa shape index (κ3) is 8.48. The maximum absolute atomic E-state index is 13.8.